The Hall–Kier alpha value is -3.69. The third-order valence-electron chi connectivity index (χ3n) is 5.99. The van der Waals surface area contributed by atoms with Crippen molar-refractivity contribution in [2.75, 3.05) is 11.9 Å². The first-order valence-corrected chi connectivity index (χ1v) is 11.0. The quantitative estimate of drug-likeness (QED) is 0.419. The summed E-state index contributed by atoms with van der Waals surface area (Å²) in [6.07, 6.45) is 5.41. The Morgan fingerprint density at radius 3 is 2.79 bits per heavy atom. The SMILES string of the molecule is Cc1cnc(Nc2cccn2C)nc1-c1cc2n(c1)C(=O)N([C@H](CO)c1ccc(F)c(Cl)c1)C2. The first-order valence-electron chi connectivity index (χ1n) is 10.7. The van der Waals surface area contributed by atoms with Gasteiger partial charge < -0.3 is 19.9 Å². The van der Waals surface area contributed by atoms with Crippen molar-refractivity contribution in [3.8, 4) is 11.3 Å². The summed E-state index contributed by atoms with van der Waals surface area (Å²) in [6.45, 7) is 1.89. The molecule has 5 rings (SSSR count). The van der Waals surface area contributed by atoms with Crippen LogP contribution in [0.4, 0.5) is 21.0 Å². The van der Waals surface area contributed by atoms with E-state index >= 15 is 0 Å². The van der Waals surface area contributed by atoms with Gasteiger partial charge in [0.1, 0.15) is 11.6 Å². The summed E-state index contributed by atoms with van der Waals surface area (Å²) in [5.41, 5.74) is 3.72. The van der Waals surface area contributed by atoms with Crippen LogP contribution in [-0.4, -0.2) is 41.7 Å². The molecule has 0 radical (unpaired) electrons. The van der Waals surface area contributed by atoms with Crippen LogP contribution in [0.1, 0.15) is 22.9 Å². The van der Waals surface area contributed by atoms with Crippen molar-refractivity contribution >= 4 is 29.4 Å². The van der Waals surface area contributed by atoms with Gasteiger partial charge in [-0.1, -0.05) is 17.7 Å². The fraction of sp³-hybridized carbons (Fsp3) is 0.208. The largest absolute Gasteiger partial charge is 0.394 e. The molecule has 1 aliphatic heterocycles. The minimum Gasteiger partial charge on any atom is -0.394 e. The predicted octanol–water partition coefficient (Wildman–Crippen LogP) is 4.65. The lowest BCUT2D eigenvalue weighted by Crippen LogP contribution is -2.32. The molecule has 1 aliphatic rings. The number of fused-ring (bicyclic) bond motifs is 1. The molecule has 0 aliphatic carbocycles. The van der Waals surface area contributed by atoms with Crippen LogP contribution >= 0.6 is 11.6 Å². The number of aromatic nitrogens is 4. The number of aliphatic hydroxyl groups is 1. The molecule has 1 amide bonds. The molecule has 4 aromatic rings. The highest BCUT2D eigenvalue weighted by molar-refractivity contribution is 6.30. The summed E-state index contributed by atoms with van der Waals surface area (Å²) in [7, 11) is 1.92. The van der Waals surface area contributed by atoms with Crippen molar-refractivity contribution < 1.29 is 14.3 Å². The van der Waals surface area contributed by atoms with Crippen LogP contribution in [0.3, 0.4) is 0 Å². The lowest BCUT2D eigenvalue weighted by molar-refractivity contribution is 0.141. The van der Waals surface area contributed by atoms with Gasteiger partial charge in [-0.05, 0) is 48.4 Å². The first-order chi connectivity index (χ1) is 16.4. The Bertz CT molecular complexity index is 1400. The number of aliphatic hydroxyl groups excluding tert-OH is 1. The van der Waals surface area contributed by atoms with E-state index in [0.717, 1.165) is 28.3 Å². The van der Waals surface area contributed by atoms with Crippen LogP contribution in [0.2, 0.25) is 5.02 Å². The molecule has 0 spiro atoms. The van der Waals surface area contributed by atoms with E-state index in [2.05, 4.69) is 15.3 Å². The van der Waals surface area contributed by atoms with Crippen LogP contribution in [0, 0.1) is 12.7 Å². The van der Waals surface area contributed by atoms with E-state index in [4.69, 9.17) is 11.6 Å². The van der Waals surface area contributed by atoms with E-state index in [1.807, 2.05) is 42.9 Å². The van der Waals surface area contributed by atoms with Crippen molar-refractivity contribution in [1.82, 2.24) is 24.0 Å². The van der Waals surface area contributed by atoms with Gasteiger partial charge in [-0.25, -0.2) is 19.2 Å². The molecule has 8 nitrogen and oxygen atoms in total. The number of rotatable bonds is 6. The van der Waals surface area contributed by atoms with Gasteiger partial charge in [-0.3, -0.25) is 4.57 Å². The van der Waals surface area contributed by atoms with Crippen LogP contribution < -0.4 is 5.32 Å². The van der Waals surface area contributed by atoms with E-state index in [-0.39, 0.29) is 24.2 Å². The third-order valence-corrected chi connectivity index (χ3v) is 6.28. The number of hydrogen-bond acceptors (Lipinski definition) is 5. The number of hydrogen-bond donors (Lipinski definition) is 2. The Labute approximate surface area is 200 Å². The molecule has 2 N–H and O–H groups in total. The fourth-order valence-electron chi connectivity index (χ4n) is 4.17. The standard InChI is InChI=1S/C24H22ClFN6O2/c1-14-10-27-23(28-21-4-3-7-30(21)2)29-22(14)16-8-17-12-32(24(34)31(17)11-16)20(13-33)15-5-6-19(26)18(25)9-15/h3-11,20,33H,12-13H2,1-2H3,(H,27,28,29)/t20-/m1/s1. The third kappa shape index (κ3) is 3.82. The molecule has 0 fully saturated rings. The maximum Gasteiger partial charge on any atom is 0.329 e. The molecule has 0 saturated carbocycles. The number of carbonyl (C=O) groups excluding carboxylic acids is 1. The van der Waals surface area contributed by atoms with Gasteiger partial charge in [0, 0.05) is 36.9 Å². The number of anilines is 2. The van der Waals surface area contributed by atoms with Crippen LogP contribution in [0.25, 0.3) is 11.3 Å². The molecule has 34 heavy (non-hydrogen) atoms. The predicted molar refractivity (Wildman–Crippen MR) is 126 cm³/mol. The Morgan fingerprint density at radius 2 is 2.12 bits per heavy atom. The van der Waals surface area contributed by atoms with Crippen LogP contribution in [0.15, 0.2) is 55.0 Å². The smallest absolute Gasteiger partial charge is 0.329 e. The van der Waals surface area contributed by atoms with E-state index in [0.29, 0.717) is 11.5 Å². The highest BCUT2D eigenvalue weighted by Crippen LogP contribution is 2.34. The van der Waals surface area contributed by atoms with Gasteiger partial charge in [-0.2, -0.15) is 0 Å². The van der Waals surface area contributed by atoms with Gasteiger partial charge in [0.15, 0.2) is 0 Å². The van der Waals surface area contributed by atoms with E-state index in [1.54, 1.807) is 17.0 Å². The average Bonchev–Trinajstić information content (AvgIpc) is 3.50. The van der Waals surface area contributed by atoms with E-state index < -0.39 is 11.9 Å². The Morgan fingerprint density at radius 1 is 1.29 bits per heavy atom. The fourth-order valence-corrected chi connectivity index (χ4v) is 4.35. The van der Waals surface area contributed by atoms with Gasteiger partial charge in [0.25, 0.3) is 0 Å². The van der Waals surface area contributed by atoms with Crippen molar-refractivity contribution in [3.05, 3.63) is 82.6 Å². The molecule has 0 bridgehead atoms. The molecule has 0 unspecified atom stereocenters. The summed E-state index contributed by atoms with van der Waals surface area (Å²) in [4.78, 5) is 23.8. The van der Waals surface area contributed by atoms with Crippen molar-refractivity contribution in [2.24, 2.45) is 7.05 Å². The molecule has 10 heteroatoms. The minimum atomic E-state index is -0.643. The molecule has 4 heterocycles. The lowest BCUT2D eigenvalue weighted by atomic mass is 10.1. The van der Waals surface area contributed by atoms with E-state index in [9.17, 15) is 14.3 Å². The Balaban J connectivity index is 1.42. The molecular weight excluding hydrogens is 459 g/mol. The number of aryl methyl sites for hydroxylation is 2. The van der Waals surface area contributed by atoms with E-state index in [1.165, 1.54) is 23.1 Å². The number of nitrogens with zero attached hydrogens (tertiary/aromatic N) is 5. The molecule has 0 saturated heterocycles. The maximum atomic E-state index is 13.6. The van der Waals surface area contributed by atoms with Gasteiger partial charge in [0.05, 0.1) is 29.9 Å². The zero-order chi connectivity index (χ0) is 24.0. The monoisotopic (exact) mass is 480 g/mol. The second kappa shape index (κ2) is 8.58. The van der Waals surface area contributed by atoms with Gasteiger partial charge in [-0.15, -0.1) is 0 Å². The topological polar surface area (TPSA) is 88.2 Å². The number of halogens is 2. The van der Waals surface area contributed by atoms with Crippen molar-refractivity contribution in [2.45, 2.75) is 19.5 Å². The summed E-state index contributed by atoms with van der Waals surface area (Å²) >= 11 is 5.91. The van der Waals surface area contributed by atoms with Crippen molar-refractivity contribution in [1.29, 1.82) is 0 Å². The highest BCUT2D eigenvalue weighted by Gasteiger charge is 2.34. The van der Waals surface area contributed by atoms with Gasteiger partial charge in [0.2, 0.25) is 5.95 Å². The zero-order valence-corrected chi connectivity index (χ0v) is 19.3. The van der Waals surface area contributed by atoms with Crippen LogP contribution in [0.5, 0.6) is 0 Å². The highest BCUT2D eigenvalue weighted by atomic mass is 35.5. The number of amides is 1. The first kappa shape index (κ1) is 22.1. The molecule has 1 atom stereocenters. The van der Waals surface area contributed by atoms with Crippen molar-refractivity contribution in [3.63, 3.8) is 0 Å². The minimum absolute atomic E-state index is 0.0523. The summed E-state index contributed by atoms with van der Waals surface area (Å²) in [5, 5.41) is 13.1. The summed E-state index contributed by atoms with van der Waals surface area (Å²) in [6, 6.07) is 9.03. The second-order valence-corrected chi connectivity index (χ2v) is 8.63. The molecular formula is C24H22ClFN6O2. The Kier molecular flexibility index (Phi) is 5.59. The van der Waals surface area contributed by atoms with Gasteiger partial charge >= 0.3 is 6.03 Å². The average molecular weight is 481 g/mol. The van der Waals surface area contributed by atoms with Crippen LogP contribution in [-0.2, 0) is 13.6 Å². The molecule has 174 valence electrons. The summed E-state index contributed by atoms with van der Waals surface area (Å²) < 4.78 is 17.1. The lowest BCUT2D eigenvalue weighted by Gasteiger charge is -2.26. The number of carbonyl (C=O) groups is 1. The second-order valence-electron chi connectivity index (χ2n) is 8.23. The summed E-state index contributed by atoms with van der Waals surface area (Å²) in [5.74, 6) is 0.762. The maximum absolute atomic E-state index is 13.6. The molecule has 3 aromatic heterocycles. The normalized spacial score (nSPS) is 13.9. The molecule has 1 aromatic carbocycles. The number of benzene rings is 1. The zero-order valence-electron chi connectivity index (χ0n) is 18.5. The number of nitrogens with one attached hydrogen (secondary N) is 1.